The molecule has 0 unspecified atom stereocenters. The Hall–Kier alpha value is -9.96. The van der Waals surface area contributed by atoms with Gasteiger partial charge in [0.05, 0.1) is 33.2 Å². The minimum Gasteiger partial charge on any atom is -0.310 e. The summed E-state index contributed by atoms with van der Waals surface area (Å²) in [5.74, 6) is 0. The number of aromatic nitrogens is 2. The number of benzene rings is 12. The molecule has 16 rings (SSSR count). The maximum Gasteiger partial charge on any atom is 0.0746 e. The topological polar surface area (TPSA) is 13.1 Å². The fourth-order valence-corrected chi connectivity index (χ4v) is 13.4. The summed E-state index contributed by atoms with van der Waals surface area (Å²) >= 11 is 0. The van der Waals surface area contributed by atoms with Crippen LogP contribution in [0.5, 0.6) is 0 Å². The zero-order valence-corrected chi connectivity index (χ0v) is 41.5. The van der Waals surface area contributed by atoms with Crippen molar-refractivity contribution in [3.63, 3.8) is 0 Å². The summed E-state index contributed by atoms with van der Waals surface area (Å²) < 4.78 is 4.88. The molecular formula is C73H47N3. The third-order valence-corrected chi connectivity index (χ3v) is 16.5. The molecule has 3 heteroatoms. The van der Waals surface area contributed by atoms with Crippen LogP contribution in [0, 0.1) is 0 Å². The molecule has 76 heavy (non-hydrogen) atoms. The molecule has 0 bridgehead atoms. The number of hydrogen-bond acceptors (Lipinski definition) is 1. The van der Waals surface area contributed by atoms with Crippen LogP contribution in [0.4, 0.5) is 17.1 Å². The SMILES string of the molecule is c1ccc(-c2ccc(N(c3ccc(-c4cccc5c4c4cc6c7ccccc7n(-c7ccccc7)c6cc4n5-c4ccccc4)cc3)c3cccc4c3C3(c5ccccc5-c5ccccc53)c3ccccc3-4)cc2)cc1. The number of fused-ring (bicyclic) bond motifs is 16. The summed E-state index contributed by atoms with van der Waals surface area (Å²) in [4.78, 5) is 2.51. The lowest BCUT2D eigenvalue weighted by Crippen LogP contribution is -2.28. The van der Waals surface area contributed by atoms with Crippen molar-refractivity contribution in [2.24, 2.45) is 0 Å². The summed E-state index contributed by atoms with van der Waals surface area (Å²) in [5, 5.41) is 4.94. The van der Waals surface area contributed by atoms with Gasteiger partial charge in [-0.05, 0) is 140 Å². The van der Waals surface area contributed by atoms with Gasteiger partial charge in [0, 0.05) is 49.9 Å². The molecule has 0 amide bonds. The highest BCUT2D eigenvalue weighted by Gasteiger charge is 2.53. The molecule has 14 aromatic rings. The van der Waals surface area contributed by atoms with Crippen molar-refractivity contribution in [3.05, 3.63) is 307 Å². The standard InChI is InChI=1S/C73H47N3/c1-4-20-48(21-5-1)49-38-42-53(43-39-49)74(68-37-19-31-60-58-28-12-16-34-65(58)73(72(60)68)63-32-14-10-26-56(63)57-27-11-15-33-64(57)73)54-44-40-50(41-45-54)55-30-18-36-67-71(55)62-46-61-59-29-13-17-35-66(59)75(51-22-6-2-7-23-51)69(61)47-70(62)76(67)52-24-8-3-9-25-52/h1-47H. The Morgan fingerprint density at radius 1 is 0.276 bits per heavy atom. The third-order valence-electron chi connectivity index (χ3n) is 16.5. The van der Waals surface area contributed by atoms with Crippen LogP contribution in [0.25, 0.3) is 99.5 Å². The van der Waals surface area contributed by atoms with Crippen LogP contribution in [0.15, 0.2) is 285 Å². The van der Waals surface area contributed by atoms with E-state index in [1.807, 2.05) is 0 Å². The zero-order valence-electron chi connectivity index (χ0n) is 41.5. The number of anilines is 3. The second kappa shape index (κ2) is 16.5. The quantitative estimate of drug-likeness (QED) is 0.155. The Morgan fingerprint density at radius 3 is 1.36 bits per heavy atom. The maximum absolute atomic E-state index is 2.51. The van der Waals surface area contributed by atoms with Crippen molar-refractivity contribution in [2.45, 2.75) is 5.41 Å². The molecule has 354 valence electrons. The molecule has 2 heterocycles. The van der Waals surface area contributed by atoms with Crippen LogP contribution in [-0.4, -0.2) is 9.13 Å². The summed E-state index contributed by atoms with van der Waals surface area (Å²) in [6.07, 6.45) is 0. The fourth-order valence-electron chi connectivity index (χ4n) is 13.4. The van der Waals surface area contributed by atoms with E-state index in [-0.39, 0.29) is 0 Å². The first kappa shape index (κ1) is 42.5. The van der Waals surface area contributed by atoms with E-state index >= 15 is 0 Å². The van der Waals surface area contributed by atoms with Gasteiger partial charge in [-0.2, -0.15) is 0 Å². The van der Waals surface area contributed by atoms with Gasteiger partial charge >= 0.3 is 0 Å². The molecule has 3 nitrogen and oxygen atoms in total. The van der Waals surface area contributed by atoms with E-state index in [9.17, 15) is 0 Å². The Balaban J connectivity index is 0.921. The molecule has 2 aliphatic carbocycles. The van der Waals surface area contributed by atoms with Crippen LogP contribution < -0.4 is 4.90 Å². The molecule has 2 aliphatic rings. The number of rotatable bonds is 7. The van der Waals surface area contributed by atoms with E-state index in [0.717, 1.165) is 34.0 Å². The summed E-state index contributed by atoms with van der Waals surface area (Å²) in [5.41, 5.74) is 25.0. The molecule has 0 saturated carbocycles. The summed E-state index contributed by atoms with van der Waals surface area (Å²) in [7, 11) is 0. The monoisotopic (exact) mass is 965 g/mol. The first-order valence-corrected chi connectivity index (χ1v) is 26.3. The van der Waals surface area contributed by atoms with E-state index < -0.39 is 5.41 Å². The molecule has 2 aromatic heterocycles. The molecule has 0 fully saturated rings. The van der Waals surface area contributed by atoms with Crippen LogP contribution >= 0.6 is 0 Å². The van der Waals surface area contributed by atoms with Crippen molar-refractivity contribution in [1.82, 2.24) is 9.13 Å². The van der Waals surface area contributed by atoms with Gasteiger partial charge in [0.15, 0.2) is 0 Å². The molecule has 0 atom stereocenters. The third kappa shape index (κ3) is 5.99. The van der Waals surface area contributed by atoms with E-state index in [4.69, 9.17) is 0 Å². The molecule has 0 radical (unpaired) electrons. The van der Waals surface area contributed by atoms with Gasteiger partial charge < -0.3 is 14.0 Å². The Bertz CT molecular complexity index is 4540. The minimum absolute atomic E-state index is 0.528. The van der Waals surface area contributed by atoms with E-state index in [1.165, 1.54) is 105 Å². The van der Waals surface area contributed by atoms with Gasteiger partial charge in [0.25, 0.3) is 0 Å². The van der Waals surface area contributed by atoms with E-state index in [1.54, 1.807) is 0 Å². The van der Waals surface area contributed by atoms with Crippen molar-refractivity contribution in [2.75, 3.05) is 4.90 Å². The Labute approximate surface area is 441 Å². The second-order valence-corrected chi connectivity index (χ2v) is 20.3. The lowest BCUT2D eigenvalue weighted by molar-refractivity contribution is 0.793. The number of nitrogens with zero attached hydrogens (tertiary/aromatic N) is 3. The number of para-hydroxylation sites is 3. The second-order valence-electron chi connectivity index (χ2n) is 20.3. The van der Waals surface area contributed by atoms with Gasteiger partial charge in [0.1, 0.15) is 0 Å². The predicted molar refractivity (Wildman–Crippen MR) is 317 cm³/mol. The fraction of sp³-hybridized carbons (Fsp3) is 0.0137. The van der Waals surface area contributed by atoms with Crippen molar-refractivity contribution < 1.29 is 0 Å². The normalized spacial score (nSPS) is 12.8. The number of hydrogen-bond donors (Lipinski definition) is 0. The molecular weight excluding hydrogens is 919 g/mol. The smallest absolute Gasteiger partial charge is 0.0746 e. The first-order chi connectivity index (χ1) is 37.7. The molecule has 12 aromatic carbocycles. The van der Waals surface area contributed by atoms with Gasteiger partial charge in [-0.3, -0.25) is 0 Å². The highest BCUT2D eigenvalue weighted by Crippen LogP contribution is 2.65. The molecule has 1 spiro atoms. The molecule has 0 N–H and O–H groups in total. The van der Waals surface area contributed by atoms with Crippen LogP contribution in [0.2, 0.25) is 0 Å². The van der Waals surface area contributed by atoms with Gasteiger partial charge in [-0.15, -0.1) is 0 Å². The van der Waals surface area contributed by atoms with Gasteiger partial charge in [-0.25, -0.2) is 0 Å². The molecule has 0 saturated heterocycles. The maximum atomic E-state index is 2.51. The summed E-state index contributed by atoms with van der Waals surface area (Å²) in [6, 6.07) is 106. The average Bonchev–Trinajstić information content (AvgIpc) is 4.39. The lowest BCUT2D eigenvalue weighted by Gasteiger charge is -2.36. The van der Waals surface area contributed by atoms with Crippen LogP contribution in [0.1, 0.15) is 22.3 Å². The van der Waals surface area contributed by atoms with E-state index in [2.05, 4.69) is 299 Å². The largest absolute Gasteiger partial charge is 0.310 e. The Morgan fingerprint density at radius 2 is 0.724 bits per heavy atom. The first-order valence-electron chi connectivity index (χ1n) is 26.3. The lowest BCUT2D eigenvalue weighted by atomic mass is 9.70. The van der Waals surface area contributed by atoms with E-state index in [0.29, 0.717) is 0 Å². The zero-order chi connectivity index (χ0) is 49.9. The minimum atomic E-state index is -0.528. The van der Waals surface area contributed by atoms with Gasteiger partial charge in [0.2, 0.25) is 0 Å². The highest BCUT2D eigenvalue weighted by atomic mass is 15.1. The van der Waals surface area contributed by atoms with Gasteiger partial charge in [-0.1, -0.05) is 206 Å². The van der Waals surface area contributed by atoms with Crippen LogP contribution in [0.3, 0.4) is 0 Å². The highest BCUT2D eigenvalue weighted by molar-refractivity contribution is 6.22. The van der Waals surface area contributed by atoms with Crippen molar-refractivity contribution in [3.8, 4) is 55.9 Å². The van der Waals surface area contributed by atoms with Crippen molar-refractivity contribution >= 4 is 60.7 Å². The summed E-state index contributed by atoms with van der Waals surface area (Å²) in [6.45, 7) is 0. The van der Waals surface area contributed by atoms with Crippen LogP contribution in [-0.2, 0) is 5.41 Å². The van der Waals surface area contributed by atoms with Crippen molar-refractivity contribution in [1.29, 1.82) is 0 Å². The Kier molecular flexibility index (Phi) is 9.25. The average molecular weight is 966 g/mol. The molecule has 0 aliphatic heterocycles. The predicted octanol–water partition coefficient (Wildman–Crippen LogP) is 19.0.